The minimum Gasteiger partial charge on any atom is -0.481 e. The summed E-state index contributed by atoms with van der Waals surface area (Å²) in [6.45, 7) is 2.24. The minimum absolute atomic E-state index is 0.0569. The lowest BCUT2D eigenvalue weighted by atomic mass is 10.1. The van der Waals surface area contributed by atoms with Gasteiger partial charge in [-0.05, 0) is 37.5 Å². The van der Waals surface area contributed by atoms with E-state index in [4.69, 9.17) is 5.11 Å². The quantitative estimate of drug-likeness (QED) is 0.720. The molecule has 1 aromatic rings. The molecule has 0 aliphatic heterocycles. The number of carbonyl (C=O) groups is 2. The molecule has 0 saturated carbocycles. The zero-order valence-corrected chi connectivity index (χ0v) is 11.6. The average Bonchev–Trinajstić information content (AvgIpc) is 2.37. The fourth-order valence-electron chi connectivity index (χ4n) is 1.86. The molecule has 110 valence electrons. The van der Waals surface area contributed by atoms with E-state index in [0.717, 1.165) is 24.8 Å². The normalized spacial score (nSPS) is 10.3. The highest BCUT2D eigenvalue weighted by molar-refractivity contribution is 5.94. The van der Waals surface area contributed by atoms with Gasteiger partial charge in [-0.15, -0.1) is 0 Å². The van der Waals surface area contributed by atoms with Crippen LogP contribution in [-0.2, 0) is 4.79 Å². The van der Waals surface area contributed by atoms with Crippen LogP contribution in [0.3, 0.4) is 0 Å². The molecule has 5 heteroatoms. The molecule has 0 aliphatic carbocycles. The Labute approximate surface area is 118 Å². The van der Waals surface area contributed by atoms with Gasteiger partial charge in [0.15, 0.2) is 0 Å². The zero-order chi connectivity index (χ0) is 15.0. The lowest BCUT2D eigenvalue weighted by Crippen LogP contribution is -2.25. The van der Waals surface area contributed by atoms with Gasteiger partial charge >= 0.3 is 5.97 Å². The zero-order valence-electron chi connectivity index (χ0n) is 11.6. The maximum absolute atomic E-state index is 13.5. The Morgan fingerprint density at radius 3 is 2.55 bits per heavy atom. The number of benzene rings is 1. The van der Waals surface area contributed by atoms with E-state index >= 15 is 0 Å². The van der Waals surface area contributed by atoms with Crippen molar-refractivity contribution < 1.29 is 19.1 Å². The monoisotopic (exact) mass is 281 g/mol. The van der Waals surface area contributed by atoms with Crippen LogP contribution in [0.1, 0.15) is 48.0 Å². The van der Waals surface area contributed by atoms with E-state index in [2.05, 4.69) is 5.32 Å². The van der Waals surface area contributed by atoms with Crippen molar-refractivity contribution in [2.45, 2.75) is 39.0 Å². The number of aliphatic carboxylic acids is 1. The van der Waals surface area contributed by atoms with Crippen LogP contribution in [0.15, 0.2) is 18.2 Å². The summed E-state index contributed by atoms with van der Waals surface area (Å²) < 4.78 is 13.5. The van der Waals surface area contributed by atoms with Crippen molar-refractivity contribution in [3.05, 3.63) is 35.1 Å². The fourth-order valence-corrected chi connectivity index (χ4v) is 1.86. The van der Waals surface area contributed by atoms with Crippen molar-refractivity contribution in [2.24, 2.45) is 0 Å². The van der Waals surface area contributed by atoms with Crippen LogP contribution >= 0.6 is 0 Å². The van der Waals surface area contributed by atoms with Crippen LogP contribution in [0.4, 0.5) is 4.39 Å². The van der Waals surface area contributed by atoms with E-state index in [1.165, 1.54) is 12.1 Å². The van der Waals surface area contributed by atoms with Gasteiger partial charge in [-0.25, -0.2) is 4.39 Å². The van der Waals surface area contributed by atoms with Gasteiger partial charge in [0.1, 0.15) is 5.82 Å². The molecule has 0 aliphatic rings. The highest BCUT2D eigenvalue weighted by Gasteiger charge is 2.10. The summed E-state index contributed by atoms with van der Waals surface area (Å²) in [6, 6.07) is 4.51. The molecule has 2 N–H and O–H groups in total. The van der Waals surface area contributed by atoms with Gasteiger partial charge in [0, 0.05) is 13.0 Å². The van der Waals surface area contributed by atoms with E-state index in [1.54, 1.807) is 13.0 Å². The molecule has 0 spiro atoms. The number of hydrogen-bond donors (Lipinski definition) is 2. The lowest BCUT2D eigenvalue weighted by molar-refractivity contribution is -0.137. The van der Waals surface area contributed by atoms with Gasteiger partial charge in [-0.1, -0.05) is 18.9 Å². The number of carboxylic acids is 1. The third kappa shape index (κ3) is 5.82. The molecule has 20 heavy (non-hydrogen) atoms. The van der Waals surface area contributed by atoms with E-state index in [-0.39, 0.29) is 12.0 Å². The van der Waals surface area contributed by atoms with Gasteiger partial charge in [0.05, 0.1) is 5.56 Å². The number of rotatable bonds is 8. The molecular weight excluding hydrogens is 261 g/mol. The molecule has 1 aromatic carbocycles. The number of hydrogen-bond acceptors (Lipinski definition) is 2. The number of carbonyl (C=O) groups excluding carboxylic acids is 1. The topological polar surface area (TPSA) is 66.4 Å². The average molecular weight is 281 g/mol. The summed E-state index contributed by atoms with van der Waals surface area (Å²) in [6.07, 6.45) is 3.26. The molecule has 0 atom stereocenters. The molecule has 0 aromatic heterocycles. The Morgan fingerprint density at radius 2 is 1.90 bits per heavy atom. The third-order valence-corrected chi connectivity index (χ3v) is 2.97. The van der Waals surface area contributed by atoms with Crippen LogP contribution in [0.2, 0.25) is 0 Å². The smallest absolute Gasteiger partial charge is 0.303 e. The second-order valence-corrected chi connectivity index (χ2v) is 4.80. The maximum atomic E-state index is 13.5. The molecule has 0 radical (unpaired) electrons. The first-order valence-corrected chi connectivity index (χ1v) is 6.77. The standard InChI is InChI=1S/C15H20FNO3/c1-11-7-8-12(13(16)10-11)15(20)17-9-5-3-2-4-6-14(18)19/h7-8,10H,2-6,9H2,1H3,(H,17,20)(H,18,19). The Kier molecular flexibility index (Phi) is 6.70. The molecule has 0 saturated heterocycles. The van der Waals surface area contributed by atoms with Gasteiger partial charge in [0.25, 0.3) is 5.91 Å². The van der Waals surface area contributed by atoms with Crippen LogP contribution < -0.4 is 5.32 Å². The highest BCUT2D eigenvalue weighted by atomic mass is 19.1. The number of aryl methyl sites for hydroxylation is 1. The Morgan fingerprint density at radius 1 is 1.20 bits per heavy atom. The first kappa shape index (κ1) is 16.1. The number of nitrogens with one attached hydrogen (secondary N) is 1. The molecule has 0 unspecified atom stereocenters. The van der Waals surface area contributed by atoms with Crippen LogP contribution in [0, 0.1) is 12.7 Å². The predicted octanol–water partition coefficient (Wildman–Crippen LogP) is 2.90. The Bertz CT molecular complexity index is 474. The van der Waals surface area contributed by atoms with E-state index < -0.39 is 17.7 Å². The van der Waals surface area contributed by atoms with Crippen LogP contribution in [0.5, 0.6) is 0 Å². The second-order valence-electron chi connectivity index (χ2n) is 4.80. The number of amides is 1. The van der Waals surface area contributed by atoms with Gasteiger partial charge in [-0.3, -0.25) is 9.59 Å². The summed E-state index contributed by atoms with van der Waals surface area (Å²) in [5.74, 6) is -1.70. The molecule has 4 nitrogen and oxygen atoms in total. The maximum Gasteiger partial charge on any atom is 0.303 e. The highest BCUT2D eigenvalue weighted by Crippen LogP contribution is 2.09. The van der Waals surface area contributed by atoms with Crippen molar-refractivity contribution in [3.8, 4) is 0 Å². The molecule has 1 amide bonds. The molecule has 0 fully saturated rings. The Balaban J connectivity index is 2.22. The molecule has 0 heterocycles. The summed E-state index contributed by atoms with van der Waals surface area (Å²) in [4.78, 5) is 22.0. The first-order chi connectivity index (χ1) is 9.50. The van der Waals surface area contributed by atoms with Crippen molar-refractivity contribution >= 4 is 11.9 Å². The largest absolute Gasteiger partial charge is 0.481 e. The van der Waals surface area contributed by atoms with Gasteiger partial charge in [0.2, 0.25) is 0 Å². The number of halogens is 1. The van der Waals surface area contributed by atoms with Gasteiger partial charge in [-0.2, -0.15) is 0 Å². The molecule has 1 rings (SSSR count). The van der Waals surface area contributed by atoms with Crippen LogP contribution in [0.25, 0.3) is 0 Å². The first-order valence-electron chi connectivity index (χ1n) is 6.77. The van der Waals surface area contributed by atoms with Crippen molar-refractivity contribution in [2.75, 3.05) is 6.54 Å². The summed E-state index contributed by atoms with van der Waals surface area (Å²) in [7, 11) is 0. The van der Waals surface area contributed by atoms with Crippen molar-refractivity contribution in [1.82, 2.24) is 5.32 Å². The third-order valence-electron chi connectivity index (χ3n) is 2.97. The molecule has 0 bridgehead atoms. The van der Waals surface area contributed by atoms with E-state index in [1.807, 2.05) is 0 Å². The molecular formula is C15H20FNO3. The summed E-state index contributed by atoms with van der Waals surface area (Å²) >= 11 is 0. The lowest BCUT2D eigenvalue weighted by Gasteiger charge is -2.06. The number of unbranched alkanes of at least 4 members (excludes halogenated alkanes) is 3. The SMILES string of the molecule is Cc1ccc(C(=O)NCCCCCCC(=O)O)c(F)c1. The van der Waals surface area contributed by atoms with Crippen molar-refractivity contribution in [3.63, 3.8) is 0 Å². The summed E-state index contributed by atoms with van der Waals surface area (Å²) in [5, 5.41) is 11.1. The fraction of sp³-hybridized carbons (Fsp3) is 0.467. The summed E-state index contributed by atoms with van der Waals surface area (Å²) in [5.41, 5.74) is 0.832. The van der Waals surface area contributed by atoms with Crippen molar-refractivity contribution in [1.29, 1.82) is 0 Å². The second kappa shape index (κ2) is 8.30. The van der Waals surface area contributed by atoms with Crippen LogP contribution in [-0.4, -0.2) is 23.5 Å². The predicted molar refractivity (Wildman–Crippen MR) is 74.2 cm³/mol. The minimum atomic E-state index is -0.784. The van der Waals surface area contributed by atoms with E-state index in [0.29, 0.717) is 13.0 Å². The van der Waals surface area contributed by atoms with E-state index in [9.17, 15) is 14.0 Å². The number of carboxylic acid groups (broad SMARTS) is 1. The van der Waals surface area contributed by atoms with Gasteiger partial charge < -0.3 is 10.4 Å². The Hall–Kier alpha value is -1.91.